The molecule has 0 saturated heterocycles. The van der Waals surface area contributed by atoms with Crippen molar-refractivity contribution in [2.24, 2.45) is 0 Å². The molecule has 0 radical (unpaired) electrons. The van der Waals surface area contributed by atoms with Crippen LogP contribution in [0.1, 0.15) is 28.9 Å². The highest BCUT2D eigenvalue weighted by Gasteiger charge is 2.12. The van der Waals surface area contributed by atoms with E-state index in [9.17, 15) is 13.2 Å². The predicted molar refractivity (Wildman–Crippen MR) is 93.8 cm³/mol. The summed E-state index contributed by atoms with van der Waals surface area (Å²) in [5, 5.41) is 2.88. The summed E-state index contributed by atoms with van der Waals surface area (Å²) < 4.78 is 30.0. The lowest BCUT2D eigenvalue weighted by Gasteiger charge is -2.15. The van der Waals surface area contributed by atoms with Crippen LogP contribution in [-0.2, 0) is 10.0 Å². The molecular formula is C17H20N2O4S. The molecule has 0 aromatic heterocycles. The molecule has 0 aliphatic rings. The lowest BCUT2D eigenvalue weighted by molar-refractivity contribution is 0.0940. The summed E-state index contributed by atoms with van der Waals surface area (Å²) in [6, 6.07) is 13.6. The molecule has 0 heterocycles. The molecule has 1 unspecified atom stereocenters. The van der Waals surface area contributed by atoms with Gasteiger partial charge in [-0.1, -0.05) is 18.2 Å². The van der Waals surface area contributed by atoms with E-state index >= 15 is 0 Å². The number of carbonyl (C=O) groups is 1. The number of amides is 1. The van der Waals surface area contributed by atoms with Gasteiger partial charge in [-0.3, -0.25) is 9.52 Å². The first-order valence-electron chi connectivity index (χ1n) is 7.31. The van der Waals surface area contributed by atoms with Crippen molar-refractivity contribution in [1.29, 1.82) is 0 Å². The van der Waals surface area contributed by atoms with Gasteiger partial charge in [0, 0.05) is 11.3 Å². The molecule has 1 atom stereocenters. The third-order valence-electron chi connectivity index (χ3n) is 3.39. The van der Waals surface area contributed by atoms with Gasteiger partial charge >= 0.3 is 0 Å². The van der Waals surface area contributed by atoms with Crippen molar-refractivity contribution in [3.63, 3.8) is 0 Å². The normalized spacial score (nSPS) is 12.3. The van der Waals surface area contributed by atoms with E-state index in [1.807, 2.05) is 31.2 Å². The molecule has 2 rings (SSSR count). The van der Waals surface area contributed by atoms with Crippen molar-refractivity contribution in [2.75, 3.05) is 18.1 Å². The van der Waals surface area contributed by atoms with E-state index in [1.54, 1.807) is 25.3 Å². The number of hydrogen-bond donors (Lipinski definition) is 2. The third kappa shape index (κ3) is 4.99. The van der Waals surface area contributed by atoms with Crippen molar-refractivity contribution in [2.45, 2.75) is 13.0 Å². The average molecular weight is 348 g/mol. The Labute approximate surface area is 141 Å². The minimum Gasteiger partial charge on any atom is -0.497 e. The number of ether oxygens (including phenoxy) is 1. The second-order valence-electron chi connectivity index (χ2n) is 5.42. The molecule has 2 aromatic rings. The van der Waals surface area contributed by atoms with Crippen molar-refractivity contribution < 1.29 is 17.9 Å². The minimum absolute atomic E-state index is 0.199. The fourth-order valence-electron chi connectivity index (χ4n) is 2.19. The Morgan fingerprint density at radius 3 is 2.38 bits per heavy atom. The van der Waals surface area contributed by atoms with E-state index in [0.29, 0.717) is 11.3 Å². The lowest BCUT2D eigenvalue weighted by atomic mass is 10.1. The van der Waals surface area contributed by atoms with Crippen LogP contribution in [0.15, 0.2) is 48.5 Å². The summed E-state index contributed by atoms with van der Waals surface area (Å²) in [6.07, 6.45) is 1.06. The summed E-state index contributed by atoms with van der Waals surface area (Å²) >= 11 is 0. The fourth-order valence-corrected chi connectivity index (χ4v) is 2.75. The molecule has 0 saturated carbocycles. The van der Waals surface area contributed by atoms with Gasteiger partial charge in [0.25, 0.3) is 5.91 Å². The van der Waals surface area contributed by atoms with Gasteiger partial charge in [-0.05, 0) is 42.8 Å². The van der Waals surface area contributed by atoms with Gasteiger partial charge in [0.1, 0.15) is 5.75 Å². The second-order valence-corrected chi connectivity index (χ2v) is 7.17. The summed E-state index contributed by atoms with van der Waals surface area (Å²) in [5.41, 5.74) is 1.67. The van der Waals surface area contributed by atoms with Crippen molar-refractivity contribution in [3.8, 4) is 5.75 Å². The molecule has 0 aliphatic carbocycles. The number of hydrogen-bond acceptors (Lipinski definition) is 4. The minimum atomic E-state index is -3.39. The molecule has 7 heteroatoms. The van der Waals surface area contributed by atoms with Gasteiger partial charge in [-0.25, -0.2) is 8.42 Å². The molecule has 1 amide bonds. The quantitative estimate of drug-likeness (QED) is 0.840. The molecule has 0 bridgehead atoms. The molecule has 0 fully saturated rings. The average Bonchev–Trinajstić information content (AvgIpc) is 2.53. The summed E-state index contributed by atoms with van der Waals surface area (Å²) in [6.45, 7) is 1.87. The standard InChI is InChI=1S/C17H20N2O4S/c1-12(13-7-9-16(23-2)10-8-13)18-17(20)14-5-4-6-15(11-14)19-24(3,21)22/h4-12,19H,1-3H3,(H,18,20). The van der Waals surface area contributed by atoms with Crippen LogP contribution in [0.2, 0.25) is 0 Å². The van der Waals surface area contributed by atoms with E-state index in [2.05, 4.69) is 10.0 Å². The van der Waals surface area contributed by atoms with Gasteiger partial charge in [0.15, 0.2) is 0 Å². The highest BCUT2D eigenvalue weighted by atomic mass is 32.2. The second kappa shape index (κ2) is 7.35. The molecule has 6 nitrogen and oxygen atoms in total. The molecule has 24 heavy (non-hydrogen) atoms. The molecule has 0 spiro atoms. The molecule has 2 aromatic carbocycles. The van der Waals surface area contributed by atoms with E-state index in [0.717, 1.165) is 17.6 Å². The van der Waals surface area contributed by atoms with Gasteiger partial charge in [-0.2, -0.15) is 0 Å². The Kier molecular flexibility index (Phi) is 5.46. The zero-order chi connectivity index (χ0) is 17.7. The van der Waals surface area contributed by atoms with Crippen LogP contribution in [0, 0.1) is 0 Å². The number of nitrogens with one attached hydrogen (secondary N) is 2. The summed E-state index contributed by atoms with van der Waals surface area (Å²) in [5.74, 6) is 0.465. The molecule has 128 valence electrons. The zero-order valence-corrected chi connectivity index (χ0v) is 14.6. The van der Waals surface area contributed by atoms with Crippen LogP contribution in [0.4, 0.5) is 5.69 Å². The highest BCUT2D eigenvalue weighted by molar-refractivity contribution is 7.92. The van der Waals surface area contributed by atoms with Crippen LogP contribution < -0.4 is 14.8 Å². The maximum Gasteiger partial charge on any atom is 0.251 e. The Morgan fingerprint density at radius 1 is 1.12 bits per heavy atom. The number of carbonyl (C=O) groups excluding carboxylic acids is 1. The number of benzene rings is 2. The van der Waals surface area contributed by atoms with Crippen LogP contribution in [0.5, 0.6) is 5.75 Å². The first-order valence-corrected chi connectivity index (χ1v) is 9.20. The van der Waals surface area contributed by atoms with Gasteiger partial charge < -0.3 is 10.1 Å². The number of anilines is 1. The van der Waals surface area contributed by atoms with E-state index in [1.165, 1.54) is 6.07 Å². The fraction of sp³-hybridized carbons (Fsp3) is 0.235. The largest absolute Gasteiger partial charge is 0.497 e. The van der Waals surface area contributed by atoms with E-state index in [4.69, 9.17) is 4.74 Å². The Balaban J connectivity index is 2.09. The van der Waals surface area contributed by atoms with Crippen molar-refractivity contribution >= 4 is 21.6 Å². The van der Waals surface area contributed by atoms with Gasteiger partial charge in [0.2, 0.25) is 10.0 Å². The predicted octanol–water partition coefficient (Wildman–Crippen LogP) is 2.56. The lowest BCUT2D eigenvalue weighted by Crippen LogP contribution is -2.26. The van der Waals surface area contributed by atoms with E-state index < -0.39 is 10.0 Å². The third-order valence-corrected chi connectivity index (χ3v) is 4.00. The Morgan fingerprint density at radius 2 is 1.79 bits per heavy atom. The zero-order valence-electron chi connectivity index (χ0n) is 13.7. The number of methoxy groups -OCH3 is 1. The van der Waals surface area contributed by atoms with Crippen LogP contribution in [0.3, 0.4) is 0 Å². The Bertz CT molecular complexity index is 817. The Hall–Kier alpha value is -2.54. The SMILES string of the molecule is COc1ccc(C(C)NC(=O)c2cccc(NS(C)(=O)=O)c2)cc1. The molecule has 2 N–H and O–H groups in total. The van der Waals surface area contributed by atoms with Crippen molar-refractivity contribution in [1.82, 2.24) is 5.32 Å². The van der Waals surface area contributed by atoms with Crippen LogP contribution in [0.25, 0.3) is 0 Å². The first kappa shape index (κ1) is 17.8. The number of sulfonamides is 1. The highest BCUT2D eigenvalue weighted by Crippen LogP contribution is 2.18. The van der Waals surface area contributed by atoms with Gasteiger partial charge in [-0.15, -0.1) is 0 Å². The maximum absolute atomic E-state index is 12.4. The molecular weight excluding hydrogens is 328 g/mol. The maximum atomic E-state index is 12.4. The summed E-state index contributed by atoms with van der Waals surface area (Å²) in [7, 11) is -1.79. The van der Waals surface area contributed by atoms with E-state index in [-0.39, 0.29) is 11.9 Å². The number of rotatable bonds is 6. The van der Waals surface area contributed by atoms with Crippen LogP contribution >= 0.6 is 0 Å². The molecule has 0 aliphatic heterocycles. The first-order chi connectivity index (χ1) is 11.3. The van der Waals surface area contributed by atoms with Gasteiger partial charge in [0.05, 0.1) is 19.4 Å². The van der Waals surface area contributed by atoms with Crippen LogP contribution in [-0.4, -0.2) is 27.7 Å². The van der Waals surface area contributed by atoms with Crippen molar-refractivity contribution in [3.05, 3.63) is 59.7 Å². The summed E-state index contributed by atoms with van der Waals surface area (Å²) in [4.78, 5) is 12.4. The smallest absolute Gasteiger partial charge is 0.251 e. The monoisotopic (exact) mass is 348 g/mol. The topological polar surface area (TPSA) is 84.5 Å².